The highest BCUT2D eigenvalue weighted by Gasteiger charge is 2.55. The molecule has 3 aromatic carbocycles. The number of hydrogen-bond donors (Lipinski definition) is 0. The minimum absolute atomic E-state index is 0.0256. The van der Waals surface area contributed by atoms with Gasteiger partial charge in [0.2, 0.25) is 11.4 Å². The molecule has 1 heterocycles. The molecule has 1 aliphatic heterocycles. The first-order valence-corrected chi connectivity index (χ1v) is 9.86. The number of Topliss-reactive ketones (excluding diaryl/α,β-unsaturated/α-hetero) is 2. The molecule has 0 fully saturated rings. The van der Waals surface area contributed by atoms with Crippen molar-refractivity contribution >= 4 is 11.6 Å². The van der Waals surface area contributed by atoms with Crippen LogP contribution in [0.15, 0.2) is 102 Å². The third-order valence-electron chi connectivity index (χ3n) is 5.88. The first-order chi connectivity index (χ1) is 14.2. The van der Waals surface area contributed by atoms with Crippen molar-refractivity contribution in [3.05, 3.63) is 119 Å². The van der Waals surface area contributed by atoms with Gasteiger partial charge < -0.3 is 4.74 Å². The molecule has 0 saturated heterocycles. The highest BCUT2D eigenvalue weighted by atomic mass is 16.5. The monoisotopic (exact) mass is 380 g/mol. The van der Waals surface area contributed by atoms with Gasteiger partial charge in [-0.1, -0.05) is 91.0 Å². The summed E-state index contributed by atoms with van der Waals surface area (Å²) in [5.41, 5.74) is 1.53. The molecule has 0 bridgehead atoms. The number of benzene rings is 3. The Morgan fingerprint density at radius 2 is 1.21 bits per heavy atom. The van der Waals surface area contributed by atoms with Gasteiger partial charge in [0.1, 0.15) is 11.3 Å². The normalized spacial score (nSPS) is 20.3. The Morgan fingerprint density at radius 3 is 1.76 bits per heavy atom. The van der Waals surface area contributed by atoms with Crippen LogP contribution in [0.5, 0.6) is 0 Å². The number of ketones is 2. The van der Waals surface area contributed by atoms with E-state index in [1.165, 1.54) is 0 Å². The van der Waals surface area contributed by atoms with E-state index < -0.39 is 5.60 Å². The Hall–Kier alpha value is -3.46. The second-order valence-corrected chi connectivity index (χ2v) is 7.58. The quantitative estimate of drug-likeness (QED) is 0.605. The standard InChI is InChI=1S/C26H20O3/c27-22-16-19(18-10-4-1-5-11-18)17-23-24(22)25(28)26(29-23,20-12-6-2-7-13-20)21-14-8-3-9-15-21/h1-15,19H,16-17H2. The van der Waals surface area contributed by atoms with Gasteiger partial charge in [-0.2, -0.15) is 0 Å². The van der Waals surface area contributed by atoms with E-state index in [2.05, 4.69) is 0 Å². The maximum absolute atomic E-state index is 13.7. The topological polar surface area (TPSA) is 43.4 Å². The Morgan fingerprint density at radius 1 is 0.690 bits per heavy atom. The van der Waals surface area contributed by atoms with Crippen molar-refractivity contribution < 1.29 is 14.3 Å². The number of carbonyl (C=O) groups excluding carboxylic acids is 2. The minimum Gasteiger partial charge on any atom is -0.473 e. The number of ether oxygens (including phenoxy) is 1. The zero-order valence-electron chi connectivity index (χ0n) is 15.9. The highest BCUT2D eigenvalue weighted by molar-refractivity contribution is 6.26. The summed E-state index contributed by atoms with van der Waals surface area (Å²) in [5.74, 6) is 0.172. The summed E-state index contributed by atoms with van der Waals surface area (Å²) in [4.78, 5) is 26.8. The summed E-state index contributed by atoms with van der Waals surface area (Å²) in [5, 5.41) is 0. The van der Waals surface area contributed by atoms with Crippen molar-refractivity contribution in [2.24, 2.45) is 0 Å². The summed E-state index contributed by atoms with van der Waals surface area (Å²) in [6.45, 7) is 0. The molecule has 0 aromatic heterocycles. The van der Waals surface area contributed by atoms with Crippen LogP contribution in [-0.2, 0) is 19.9 Å². The predicted molar refractivity (Wildman–Crippen MR) is 110 cm³/mol. The van der Waals surface area contributed by atoms with Crippen LogP contribution < -0.4 is 0 Å². The Balaban J connectivity index is 1.61. The average molecular weight is 380 g/mol. The lowest BCUT2D eigenvalue weighted by atomic mass is 9.77. The molecule has 1 aliphatic carbocycles. The van der Waals surface area contributed by atoms with Crippen molar-refractivity contribution in [3.63, 3.8) is 0 Å². The molecule has 0 spiro atoms. The van der Waals surface area contributed by atoms with Gasteiger partial charge in [-0.25, -0.2) is 0 Å². The molecular formula is C26H20O3. The second-order valence-electron chi connectivity index (χ2n) is 7.58. The van der Waals surface area contributed by atoms with Crippen LogP contribution in [0.4, 0.5) is 0 Å². The van der Waals surface area contributed by atoms with E-state index in [0.717, 1.165) is 16.7 Å². The number of rotatable bonds is 3. The van der Waals surface area contributed by atoms with E-state index in [-0.39, 0.29) is 23.1 Å². The number of hydrogen-bond acceptors (Lipinski definition) is 3. The van der Waals surface area contributed by atoms with Gasteiger partial charge in [-0.05, 0) is 11.5 Å². The summed E-state index contributed by atoms with van der Waals surface area (Å²) in [6.07, 6.45) is 0.885. The zero-order chi connectivity index (χ0) is 19.8. The van der Waals surface area contributed by atoms with Crippen molar-refractivity contribution in [1.29, 1.82) is 0 Å². The van der Waals surface area contributed by atoms with Gasteiger partial charge in [0.15, 0.2) is 5.78 Å². The molecule has 5 rings (SSSR count). The fourth-order valence-corrected chi connectivity index (χ4v) is 4.49. The summed E-state index contributed by atoms with van der Waals surface area (Å²) < 4.78 is 6.47. The van der Waals surface area contributed by atoms with Crippen molar-refractivity contribution in [2.75, 3.05) is 0 Å². The second kappa shape index (κ2) is 6.85. The van der Waals surface area contributed by atoms with Crippen LogP contribution in [0.1, 0.15) is 35.4 Å². The van der Waals surface area contributed by atoms with E-state index in [4.69, 9.17) is 4.74 Å². The van der Waals surface area contributed by atoms with Crippen LogP contribution in [0.25, 0.3) is 0 Å². The molecule has 0 amide bonds. The van der Waals surface area contributed by atoms with Gasteiger partial charge >= 0.3 is 0 Å². The summed E-state index contributed by atoms with van der Waals surface area (Å²) in [7, 11) is 0. The molecule has 0 saturated carbocycles. The molecule has 2 aliphatic rings. The molecule has 3 aromatic rings. The van der Waals surface area contributed by atoms with Crippen molar-refractivity contribution in [3.8, 4) is 0 Å². The van der Waals surface area contributed by atoms with Crippen LogP contribution in [0.2, 0.25) is 0 Å². The Labute approximate surface area is 169 Å². The maximum atomic E-state index is 13.7. The fourth-order valence-electron chi connectivity index (χ4n) is 4.49. The van der Waals surface area contributed by atoms with E-state index in [1.807, 2.05) is 91.0 Å². The molecule has 3 nitrogen and oxygen atoms in total. The first-order valence-electron chi connectivity index (χ1n) is 9.86. The highest BCUT2D eigenvalue weighted by Crippen LogP contribution is 2.49. The van der Waals surface area contributed by atoms with E-state index in [0.29, 0.717) is 18.6 Å². The van der Waals surface area contributed by atoms with Crippen molar-refractivity contribution in [1.82, 2.24) is 0 Å². The largest absolute Gasteiger partial charge is 0.473 e. The third kappa shape index (κ3) is 2.73. The minimum atomic E-state index is -1.30. The lowest BCUT2D eigenvalue weighted by Crippen LogP contribution is -2.36. The van der Waals surface area contributed by atoms with Gasteiger partial charge in [0.25, 0.3) is 0 Å². The summed E-state index contributed by atoms with van der Waals surface area (Å²) >= 11 is 0. The Kier molecular flexibility index (Phi) is 4.17. The van der Waals surface area contributed by atoms with Gasteiger partial charge in [0.05, 0.1) is 0 Å². The smallest absolute Gasteiger partial charge is 0.222 e. The predicted octanol–water partition coefficient (Wildman–Crippen LogP) is 4.93. The lowest BCUT2D eigenvalue weighted by molar-refractivity contribution is -0.129. The van der Waals surface area contributed by atoms with Crippen LogP contribution in [0.3, 0.4) is 0 Å². The molecule has 142 valence electrons. The van der Waals surface area contributed by atoms with Crippen molar-refractivity contribution in [2.45, 2.75) is 24.4 Å². The molecule has 1 atom stereocenters. The SMILES string of the molecule is O=C1CC(c2ccccc2)CC2=C1C(=O)C(c1ccccc1)(c1ccccc1)O2. The molecule has 29 heavy (non-hydrogen) atoms. The van der Waals surface area contributed by atoms with Crippen LogP contribution in [-0.4, -0.2) is 11.6 Å². The van der Waals surface area contributed by atoms with E-state index in [9.17, 15) is 9.59 Å². The van der Waals surface area contributed by atoms with Gasteiger partial charge in [-0.3, -0.25) is 9.59 Å². The van der Waals surface area contributed by atoms with Gasteiger partial charge in [0, 0.05) is 24.0 Å². The maximum Gasteiger partial charge on any atom is 0.222 e. The summed E-state index contributed by atoms with van der Waals surface area (Å²) in [6, 6.07) is 28.9. The van der Waals surface area contributed by atoms with Crippen LogP contribution >= 0.6 is 0 Å². The molecule has 3 heteroatoms. The van der Waals surface area contributed by atoms with Crippen LogP contribution in [0, 0.1) is 0 Å². The van der Waals surface area contributed by atoms with Gasteiger partial charge in [-0.15, -0.1) is 0 Å². The third-order valence-corrected chi connectivity index (χ3v) is 5.88. The molecular weight excluding hydrogens is 360 g/mol. The Bertz CT molecular complexity index is 1060. The zero-order valence-corrected chi connectivity index (χ0v) is 15.9. The molecule has 0 radical (unpaired) electrons. The average Bonchev–Trinajstić information content (AvgIpc) is 3.09. The van der Waals surface area contributed by atoms with E-state index in [1.54, 1.807) is 0 Å². The fraction of sp³-hybridized carbons (Fsp3) is 0.154. The number of allylic oxidation sites excluding steroid dienone is 1. The van der Waals surface area contributed by atoms with E-state index >= 15 is 0 Å². The lowest BCUT2D eigenvalue weighted by Gasteiger charge is -2.30. The molecule has 0 N–H and O–H groups in total. The first kappa shape index (κ1) is 17.6. The number of carbonyl (C=O) groups is 2. The molecule has 1 unspecified atom stereocenters.